The molecule has 7 heteroatoms. The molecular formula is C14H10Cl3N3S. The van der Waals surface area contributed by atoms with Crippen molar-refractivity contribution in [2.24, 2.45) is 8.73 Å². The van der Waals surface area contributed by atoms with Crippen molar-refractivity contribution in [2.75, 3.05) is 5.32 Å². The highest BCUT2D eigenvalue weighted by atomic mass is 35.5. The van der Waals surface area contributed by atoms with Gasteiger partial charge in [0.2, 0.25) is 0 Å². The standard InChI is InChI=1S/C14H10Cl3N3S/c1-7-2-3-8(9(15)4-7)6-18-12-10(16)5-11(17)13-14(12)20-21-19-13/h2-5,18H,6H2,1H3. The van der Waals surface area contributed by atoms with E-state index in [9.17, 15) is 0 Å². The van der Waals surface area contributed by atoms with Gasteiger partial charge in [0.25, 0.3) is 0 Å². The second-order valence-corrected chi connectivity index (χ2v) is 6.38. The largest absolute Gasteiger partial charge is 0.378 e. The molecule has 0 saturated heterocycles. The van der Waals surface area contributed by atoms with E-state index >= 15 is 0 Å². The normalized spacial score (nSPS) is 12.2. The highest BCUT2D eigenvalue weighted by Crippen LogP contribution is 2.47. The van der Waals surface area contributed by atoms with Crippen LogP contribution < -0.4 is 5.32 Å². The van der Waals surface area contributed by atoms with Gasteiger partial charge in [0.05, 0.1) is 27.1 Å². The molecule has 1 aliphatic heterocycles. The van der Waals surface area contributed by atoms with Crippen LogP contribution >= 0.6 is 34.8 Å². The summed E-state index contributed by atoms with van der Waals surface area (Å²) >= 11 is 19.7. The second kappa shape index (κ2) is 5.97. The molecule has 0 unspecified atom stereocenters. The van der Waals surface area contributed by atoms with Crippen molar-refractivity contribution >= 4 is 63.2 Å². The number of anilines is 1. The molecule has 0 radical (unpaired) electrons. The third-order valence-corrected chi connectivity index (χ3v) is 4.57. The number of nitrogens with zero attached hydrogens (tertiary/aromatic N) is 2. The molecule has 108 valence electrons. The fourth-order valence-corrected chi connectivity index (χ4v) is 3.50. The Labute approximate surface area is 141 Å². The molecule has 0 fully saturated rings. The van der Waals surface area contributed by atoms with E-state index in [0.717, 1.165) is 33.2 Å². The zero-order valence-electron chi connectivity index (χ0n) is 11.0. The van der Waals surface area contributed by atoms with Crippen molar-refractivity contribution in [3.05, 3.63) is 50.5 Å². The third-order valence-electron chi connectivity index (χ3n) is 3.11. The van der Waals surface area contributed by atoms with Crippen molar-refractivity contribution in [3.63, 3.8) is 0 Å². The molecule has 1 aliphatic rings. The van der Waals surface area contributed by atoms with Crippen molar-refractivity contribution in [3.8, 4) is 0 Å². The summed E-state index contributed by atoms with van der Waals surface area (Å²) in [6, 6.07) is 7.62. The summed E-state index contributed by atoms with van der Waals surface area (Å²) in [7, 11) is 0. The summed E-state index contributed by atoms with van der Waals surface area (Å²) in [5.74, 6) is 0. The Bertz CT molecular complexity index is 799. The van der Waals surface area contributed by atoms with Gasteiger partial charge in [-0.25, -0.2) is 0 Å². The zero-order chi connectivity index (χ0) is 15.0. The van der Waals surface area contributed by atoms with Crippen LogP contribution in [-0.2, 0) is 17.9 Å². The summed E-state index contributed by atoms with van der Waals surface area (Å²) in [4.78, 5) is 0. The fraction of sp³-hybridized carbons (Fsp3) is 0.143. The van der Waals surface area contributed by atoms with Gasteiger partial charge in [-0.3, -0.25) is 0 Å². The minimum Gasteiger partial charge on any atom is -0.378 e. The predicted molar refractivity (Wildman–Crippen MR) is 91.5 cm³/mol. The maximum atomic E-state index is 6.25. The Morgan fingerprint density at radius 1 is 1.00 bits per heavy atom. The van der Waals surface area contributed by atoms with E-state index in [2.05, 4.69) is 14.0 Å². The average molecular weight is 359 g/mol. The average Bonchev–Trinajstić information content (AvgIpc) is 2.90. The minimum absolute atomic E-state index is 0.502. The van der Waals surface area contributed by atoms with E-state index in [0.29, 0.717) is 28.0 Å². The number of halogens is 3. The first kappa shape index (κ1) is 14.9. The number of nitrogens with one attached hydrogen (secondary N) is 1. The lowest BCUT2D eigenvalue weighted by molar-refractivity contribution is 1.14. The summed E-state index contributed by atoms with van der Waals surface area (Å²) in [5, 5.41) is 5.02. The number of aryl methyl sites for hydroxylation is 1. The highest BCUT2D eigenvalue weighted by molar-refractivity contribution is 7.58. The van der Waals surface area contributed by atoms with Gasteiger partial charge in [0, 0.05) is 11.6 Å². The molecule has 21 heavy (non-hydrogen) atoms. The van der Waals surface area contributed by atoms with Crippen LogP contribution in [-0.4, -0.2) is 0 Å². The maximum absolute atomic E-state index is 6.25. The molecule has 2 aromatic carbocycles. The zero-order valence-corrected chi connectivity index (χ0v) is 14.0. The molecule has 1 heterocycles. The number of hydrogen-bond acceptors (Lipinski definition) is 3. The van der Waals surface area contributed by atoms with Crippen LogP contribution in [0.5, 0.6) is 0 Å². The molecule has 2 aromatic rings. The van der Waals surface area contributed by atoms with Crippen LogP contribution in [0.4, 0.5) is 17.1 Å². The molecular weight excluding hydrogens is 349 g/mol. The molecule has 0 aromatic heterocycles. The van der Waals surface area contributed by atoms with Gasteiger partial charge in [-0.15, -0.1) is 0 Å². The van der Waals surface area contributed by atoms with E-state index in [1.807, 2.05) is 25.1 Å². The van der Waals surface area contributed by atoms with Crippen molar-refractivity contribution in [2.45, 2.75) is 13.5 Å². The molecule has 0 saturated carbocycles. The van der Waals surface area contributed by atoms with Crippen LogP contribution in [0.15, 0.2) is 33.0 Å². The Balaban J connectivity index is 1.90. The molecule has 0 spiro atoms. The Hall–Kier alpha value is -1.07. The van der Waals surface area contributed by atoms with E-state index < -0.39 is 0 Å². The van der Waals surface area contributed by atoms with Crippen molar-refractivity contribution in [1.29, 1.82) is 0 Å². The van der Waals surface area contributed by atoms with Crippen LogP contribution in [0.2, 0.25) is 15.1 Å². The smallest absolute Gasteiger partial charge is 0.130 e. The Morgan fingerprint density at radius 3 is 2.52 bits per heavy atom. The number of benzene rings is 2. The molecule has 3 nitrogen and oxygen atoms in total. The molecule has 0 bridgehead atoms. The topological polar surface area (TPSA) is 36.8 Å². The third kappa shape index (κ3) is 2.94. The lowest BCUT2D eigenvalue weighted by atomic mass is 10.1. The highest BCUT2D eigenvalue weighted by Gasteiger charge is 2.18. The van der Waals surface area contributed by atoms with E-state index in [1.165, 1.54) is 0 Å². The van der Waals surface area contributed by atoms with Crippen LogP contribution in [0.1, 0.15) is 11.1 Å². The lowest BCUT2D eigenvalue weighted by Gasteiger charge is -2.13. The molecule has 3 rings (SSSR count). The second-order valence-electron chi connectivity index (χ2n) is 4.63. The van der Waals surface area contributed by atoms with Gasteiger partial charge in [-0.1, -0.05) is 46.9 Å². The first-order chi connectivity index (χ1) is 10.1. The number of fused-ring (bicyclic) bond motifs is 1. The van der Waals surface area contributed by atoms with Crippen LogP contribution in [0, 0.1) is 6.92 Å². The first-order valence-electron chi connectivity index (χ1n) is 6.15. The molecule has 0 aliphatic carbocycles. The van der Waals surface area contributed by atoms with Gasteiger partial charge >= 0.3 is 0 Å². The summed E-state index contributed by atoms with van der Waals surface area (Å²) in [6.45, 7) is 2.55. The quantitative estimate of drug-likeness (QED) is 0.586. The molecule has 0 atom stereocenters. The monoisotopic (exact) mass is 357 g/mol. The van der Waals surface area contributed by atoms with Crippen molar-refractivity contribution < 1.29 is 0 Å². The van der Waals surface area contributed by atoms with Gasteiger partial charge < -0.3 is 5.32 Å². The fourth-order valence-electron chi connectivity index (χ4n) is 2.02. The Kier molecular flexibility index (Phi) is 4.22. The number of hydrogen-bond donors (Lipinski definition) is 1. The number of rotatable bonds is 3. The summed E-state index contributed by atoms with van der Waals surface area (Å²) in [6.07, 6.45) is 0. The predicted octanol–water partition coefficient (Wildman–Crippen LogP) is 6.29. The van der Waals surface area contributed by atoms with Gasteiger partial charge in [0.15, 0.2) is 0 Å². The van der Waals surface area contributed by atoms with E-state index in [4.69, 9.17) is 34.8 Å². The molecule has 0 amide bonds. The van der Waals surface area contributed by atoms with Crippen molar-refractivity contribution in [1.82, 2.24) is 0 Å². The minimum atomic E-state index is 0.502. The summed E-state index contributed by atoms with van der Waals surface area (Å²) in [5.41, 5.74) is 4.18. The Morgan fingerprint density at radius 2 is 1.76 bits per heavy atom. The lowest BCUT2D eigenvalue weighted by Crippen LogP contribution is -2.01. The van der Waals surface area contributed by atoms with E-state index in [1.54, 1.807) is 6.07 Å². The van der Waals surface area contributed by atoms with Gasteiger partial charge in [-0.2, -0.15) is 8.73 Å². The van der Waals surface area contributed by atoms with Crippen LogP contribution in [0.3, 0.4) is 0 Å². The summed E-state index contributed by atoms with van der Waals surface area (Å²) < 4.78 is 8.43. The van der Waals surface area contributed by atoms with E-state index in [-0.39, 0.29) is 0 Å². The first-order valence-corrected chi connectivity index (χ1v) is 8.02. The maximum Gasteiger partial charge on any atom is 0.130 e. The van der Waals surface area contributed by atoms with Crippen LogP contribution in [0.25, 0.3) is 0 Å². The van der Waals surface area contributed by atoms with Gasteiger partial charge in [-0.05, 0) is 30.2 Å². The van der Waals surface area contributed by atoms with Gasteiger partial charge in [0.1, 0.15) is 11.4 Å². The SMILES string of the molecule is Cc1ccc(CNc2c(Cl)cc(Cl)c3c2N=S=N3)c(Cl)c1. The molecule has 1 N–H and O–H groups in total.